The number of methoxy groups -OCH3 is 1. The van der Waals surface area contributed by atoms with Crippen LogP contribution >= 0.6 is 0 Å². The summed E-state index contributed by atoms with van der Waals surface area (Å²) in [6.45, 7) is 8.03. The Morgan fingerprint density at radius 2 is 1.90 bits per heavy atom. The van der Waals surface area contributed by atoms with Gasteiger partial charge in [0.05, 0.1) is 33.0 Å². The topological polar surface area (TPSA) is 60.0 Å². The average molecular weight is 425 g/mol. The molecule has 6 nitrogen and oxygen atoms in total. The second-order valence-corrected chi connectivity index (χ2v) is 7.51. The Morgan fingerprint density at radius 1 is 1.16 bits per heavy atom. The van der Waals surface area contributed by atoms with Crippen molar-refractivity contribution < 1.29 is 19.0 Å². The largest absolute Gasteiger partial charge is 0.493 e. The molecule has 1 saturated heterocycles. The van der Waals surface area contributed by atoms with Crippen LogP contribution in [0.5, 0.6) is 11.5 Å². The second kappa shape index (κ2) is 11.4. The third-order valence-corrected chi connectivity index (χ3v) is 5.20. The first-order valence-corrected chi connectivity index (χ1v) is 10.8. The molecule has 2 aromatic carbocycles. The fourth-order valence-corrected chi connectivity index (χ4v) is 3.43. The van der Waals surface area contributed by atoms with Gasteiger partial charge in [-0.15, -0.1) is 0 Å². The van der Waals surface area contributed by atoms with Crippen LogP contribution < -0.4 is 19.7 Å². The smallest absolute Gasteiger partial charge is 0.244 e. The van der Waals surface area contributed by atoms with E-state index >= 15 is 0 Å². The summed E-state index contributed by atoms with van der Waals surface area (Å²) in [4.78, 5) is 14.7. The van der Waals surface area contributed by atoms with Crippen molar-refractivity contribution in [3.05, 3.63) is 59.7 Å². The number of nitrogens with one attached hydrogen (secondary N) is 1. The summed E-state index contributed by atoms with van der Waals surface area (Å²) in [6.07, 6.45) is 4.24. The van der Waals surface area contributed by atoms with Gasteiger partial charge in [0.15, 0.2) is 11.5 Å². The highest BCUT2D eigenvalue weighted by molar-refractivity contribution is 5.92. The molecule has 0 spiro atoms. The number of benzene rings is 2. The molecule has 1 unspecified atom stereocenters. The number of ether oxygens (including phenoxy) is 3. The average Bonchev–Trinajstić information content (AvgIpc) is 2.82. The van der Waals surface area contributed by atoms with Crippen molar-refractivity contribution in [3.63, 3.8) is 0 Å². The third-order valence-electron chi connectivity index (χ3n) is 5.20. The number of nitrogens with zero attached hydrogens (tertiary/aromatic N) is 1. The molecule has 1 fully saturated rings. The molecule has 3 rings (SSSR count). The molecule has 1 amide bonds. The standard InChI is InChI=1S/C25H32N2O4/c1-4-15-31-23-11-5-20(18-24(23)29-3)6-12-25(28)26-19(2)21-7-9-22(10-8-21)27-13-16-30-17-14-27/h5-12,18-19H,4,13-17H2,1-3H3,(H,26,28)/b12-6+. The number of morpholine rings is 1. The molecule has 31 heavy (non-hydrogen) atoms. The first-order valence-electron chi connectivity index (χ1n) is 10.8. The molecule has 166 valence electrons. The number of hydrogen-bond acceptors (Lipinski definition) is 5. The molecular formula is C25H32N2O4. The molecule has 6 heteroatoms. The predicted octanol–water partition coefficient (Wildman–Crippen LogP) is 4.21. The van der Waals surface area contributed by atoms with E-state index in [4.69, 9.17) is 14.2 Å². The van der Waals surface area contributed by atoms with Crippen LogP contribution in [-0.2, 0) is 9.53 Å². The van der Waals surface area contributed by atoms with Gasteiger partial charge >= 0.3 is 0 Å². The maximum atomic E-state index is 12.4. The Labute approximate surface area is 184 Å². The van der Waals surface area contributed by atoms with Crippen LogP contribution in [0.15, 0.2) is 48.5 Å². The molecule has 0 aliphatic carbocycles. The van der Waals surface area contributed by atoms with E-state index in [-0.39, 0.29) is 11.9 Å². The van der Waals surface area contributed by atoms with Crippen LogP contribution in [0.25, 0.3) is 6.08 Å². The van der Waals surface area contributed by atoms with E-state index in [2.05, 4.69) is 41.4 Å². The van der Waals surface area contributed by atoms with Gasteiger partial charge in [-0.05, 0) is 54.8 Å². The van der Waals surface area contributed by atoms with Crippen LogP contribution in [0.2, 0.25) is 0 Å². The first kappa shape index (κ1) is 22.7. The molecule has 0 bridgehead atoms. The van der Waals surface area contributed by atoms with Crippen molar-refractivity contribution in [1.29, 1.82) is 0 Å². The van der Waals surface area contributed by atoms with Crippen LogP contribution in [-0.4, -0.2) is 45.9 Å². The third kappa shape index (κ3) is 6.49. The Morgan fingerprint density at radius 3 is 2.58 bits per heavy atom. The zero-order valence-corrected chi connectivity index (χ0v) is 18.6. The highest BCUT2D eigenvalue weighted by Crippen LogP contribution is 2.28. The van der Waals surface area contributed by atoms with Gasteiger partial charge in [0.1, 0.15) is 0 Å². The lowest BCUT2D eigenvalue weighted by molar-refractivity contribution is -0.117. The summed E-state index contributed by atoms with van der Waals surface area (Å²) in [5.74, 6) is 1.22. The maximum Gasteiger partial charge on any atom is 0.244 e. The van der Waals surface area contributed by atoms with Gasteiger partial charge in [0, 0.05) is 24.9 Å². The second-order valence-electron chi connectivity index (χ2n) is 7.51. The Balaban J connectivity index is 1.56. The van der Waals surface area contributed by atoms with Crippen molar-refractivity contribution in [2.75, 3.05) is 44.9 Å². The van der Waals surface area contributed by atoms with Gasteiger partial charge in [-0.2, -0.15) is 0 Å². The highest BCUT2D eigenvalue weighted by Gasteiger charge is 2.13. The van der Waals surface area contributed by atoms with Crippen LogP contribution in [0, 0.1) is 0 Å². The summed E-state index contributed by atoms with van der Waals surface area (Å²) in [5.41, 5.74) is 3.13. The Bertz CT molecular complexity index is 874. The lowest BCUT2D eigenvalue weighted by Crippen LogP contribution is -2.36. The number of amides is 1. The van der Waals surface area contributed by atoms with Crippen LogP contribution in [0.1, 0.15) is 37.4 Å². The predicted molar refractivity (Wildman–Crippen MR) is 124 cm³/mol. The van der Waals surface area contributed by atoms with Gasteiger partial charge in [0.2, 0.25) is 5.91 Å². The molecular weight excluding hydrogens is 392 g/mol. The summed E-state index contributed by atoms with van der Waals surface area (Å²) >= 11 is 0. The molecule has 2 aromatic rings. The van der Waals surface area contributed by atoms with Crippen molar-refractivity contribution >= 4 is 17.7 Å². The summed E-state index contributed by atoms with van der Waals surface area (Å²) in [7, 11) is 1.61. The van der Waals surface area contributed by atoms with Crippen molar-refractivity contribution in [3.8, 4) is 11.5 Å². The van der Waals surface area contributed by atoms with Gasteiger partial charge in [-0.1, -0.05) is 25.1 Å². The minimum Gasteiger partial charge on any atom is -0.493 e. The van der Waals surface area contributed by atoms with E-state index < -0.39 is 0 Å². The summed E-state index contributed by atoms with van der Waals surface area (Å²) < 4.78 is 16.5. The lowest BCUT2D eigenvalue weighted by Gasteiger charge is -2.29. The minimum atomic E-state index is -0.143. The first-order chi connectivity index (χ1) is 15.1. The zero-order valence-electron chi connectivity index (χ0n) is 18.6. The minimum absolute atomic E-state index is 0.0877. The monoisotopic (exact) mass is 424 g/mol. The molecule has 0 saturated carbocycles. The number of hydrogen-bond donors (Lipinski definition) is 1. The highest BCUT2D eigenvalue weighted by atomic mass is 16.5. The molecule has 1 atom stereocenters. The summed E-state index contributed by atoms with van der Waals surface area (Å²) in [6, 6.07) is 13.9. The quantitative estimate of drug-likeness (QED) is 0.611. The van der Waals surface area contributed by atoms with Gasteiger partial charge in [0.25, 0.3) is 0 Å². The number of rotatable bonds is 9. The van der Waals surface area contributed by atoms with Crippen molar-refractivity contribution in [1.82, 2.24) is 5.32 Å². The van der Waals surface area contributed by atoms with Gasteiger partial charge in [-0.25, -0.2) is 0 Å². The lowest BCUT2D eigenvalue weighted by atomic mass is 10.1. The Hall–Kier alpha value is -2.99. The zero-order chi connectivity index (χ0) is 22.1. The van der Waals surface area contributed by atoms with E-state index in [1.165, 1.54) is 5.69 Å². The number of anilines is 1. The fourth-order valence-electron chi connectivity index (χ4n) is 3.43. The molecule has 0 radical (unpaired) electrons. The fraction of sp³-hybridized carbons (Fsp3) is 0.400. The molecule has 1 aliphatic heterocycles. The van der Waals surface area contributed by atoms with E-state index in [0.717, 1.165) is 43.9 Å². The van der Waals surface area contributed by atoms with E-state index in [9.17, 15) is 4.79 Å². The van der Waals surface area contributed by atoms with Gasteiger partial charge < -0.3 is 24.4 Å². The van der Waals surface area contributed by atoms with E-state index in [1.807, 2.05) is 25.1 Å². The number of carbonyl (C=O) groups is 1. The van der Waals surface area contributed by atoms with Crippen LogP contribution in [0.4, 0.5) is 5.69 Å². The van der Waals surface area contributed by atoms with E-state index in [1.54, 1.807) is 19.3 Å². The van der Waals surface area contributed by atoms with E-state index in [0.29, 0.717) is 18.1 Å². The molecule has 1 N–H and O–H groups in total. The van der Waals surface area contributed by atoms with Crippen molar-refractivity contribution in [2.24, 2.45) is 0 Å². The van der Waals surface area contributed by atoms with Crippen LogP contribution in [0.3, 0.4) is 0 Å². The van der Waals surface area contributed by atoms with Gasteiger partial charge in [-0.3, -0.25) is 4.79 Å². The normalized spacial score (nSPS) is 15.0. The molecule has 0 aromatic heterocycles. The molecule has 1 aliphatic rings. The Kier molecular flexibility index (Phi) is 8.35. The van der Waals surface area contributed by atoms with Crippen molar-refractivity contribution in [2.45, 2.75) is 26.3 Å². The summed E-state index contributed by atoms with van der Waals surface area (Å²) in [5, 5.41) is 3.02. The maximum absolute atomic E-state index is 12.4. The molecule has 1 heterocycles. The number of carbonyl (C=O) groups excluding carboxylic acids is 1. The SMILES string of the molecule is CCCOc1ccc(/C=C/C(=O)NC(C)c2ccc(N3CCOCC3)cc2)cc1OC.